The summed E-state index contributed by atoms with van der Waals surface area (Å²) in [6.45, 7) is 10.3. The van der Waals surface area contributed by atoms with Crippen LogP contribution in [-0.2, 0) is 0 Å². The van der Waals surface area contributed by atoms with Crippen molar-refractivity contribution in [2.75, 3.05) is 0 Å². The minimum atomic E-state index is 0. The number of aryl methyl sites for hydroxylation is 2. The Morgan fingerprint density at radius 3 is 1.83 bits per heavy atom. The fourth-order valence-electron chi connectivity index (χ4n) is 1.01. The van der Waals surface area contributed by atoms with Crippen LogP contribution >= 0.6 is 0 Å². The van der Waals surface area contributed by atoms with Crippen molar-refractivity contribution in [2.45, 2.75) is 20.8 Å². The van der Waals surface area contributed by atoms with Crippen molar-refractivity contribution in [1.29, 1.82) is 0 Å². The molecule has 12 heavy (non-hydrogen) atoms. The summed E-state index contributed by atoms with van der Waals surface area (Å²) in [5, 5.41) is 0. The zero-order chi connectivity index (χ0) is 7.72. The number of rotatable bonds is 0. The second-order valence-electron chi connectivity index (χ2n) is 2.80. The number of benzene rings is 1. The van der Waals surface area contributed by atoms with Crippen molar-refractivity contribution >= 4 is 23.1 Å². The maximum atomic E-state index is 3.98. The molecule has 0 aliphatic rings. The normalized spacial score (nSPS) is 8.25. The van der Waals surface area contributed by atoms with E-state index in [-0.39, 0.29) is 35.5 Å². The van der Waals surface area contributed by atoms with Gasteiger partial charge in [0.25, 0.3) is 0 Å². The van der Waals surface area contributed by atoms with E-state index in [1.54, 1.807) is 0 Å². The van der Waals surface area contributed by atoms with Crippen LogP contribution in [0.3, 0.4) is 0 Å². The average Bonchev–Trinajstić information content (AvgIpc) is 1.93. The summed E-state index contributed by atoms with van der Waals surface area (Å²) in [5.41, 5.74) is 5.11. The summed E-state index contributed by atoms with van der Waals surface area (Å²) in [7, 11) is 0. The van der Waals surface area contributed by atoms with E-state index in [4.69, 9.17) is 0 Å². The molecule has 0 aliphatic heterocycles. The molecule has 0 saturated carbocycles. The second-order valence-corrected chi connectivity index (χ2v) is 2.80. The van der Waals surface area contributed by atoms with Gasteiger partial charge in [0.15, 0.2) is 0 Å². The van der Waals surface area contributed by atoms with E-state index in [1.807, 2.05) is 0 Å². The van der Waals surface area contributed by atoms with E-state index < -0.39 is 0 Å². The van der Waals surface area contributed by atoms with Gasteiger partial charge in [0.1, 0.15) is 0 Å². The summed E-state index contributed by atoms with van der Waals surface area (Å²) >= 11 is 0. The van der Waals surface area contributed by atoms with Crippen LogP contribution in [0.15, 0.2) is 12.1 Å². The Kier molecular flexibility index (Phi) is 7.00. The van der Waals surface area contributed by atoms with Crippen LogP contribution in [-0.4, -0.2) is 23.1 Å². The van der Waals surface area contributed by atoms with Gasteiger partial charge in [0.05, 0.1) is 0 Å². The van der Waals surface area contributed by atoms with Gasteiger partial charge in [-0.05, 0) is 0 Å². The number of hydrogen-bond donors (Lipinski definition) is 0. The predicted octanol–water partition coefficient (Wildman–Crippen LogP) is -0.583. The van der Waals surface area contributed by atoms with Gasteiger partial charge in [-0.15, -0.1) is 17.2 Å². The van der Waals surface area contributed by atoms with Crippen LogP contribution in [0.1, 0.15) is 22.3 Å². The third-order valence-electron chi connectivity index (χ3n) is 2.10. The second kappa shape index (κ2) is 5.73. The van der Waals surface area contributed by atoms with Gasteiger partial charge in [0, 0.05) is 0 Å². The quantitative estimate of drug-likeness (QED) is 0.382. The molecule has 0 nitrogen and oxygen atoms in total. The Morgan fingerprint density at radius 1 is 1.00 bits per heavy atom. The fourth-order valence-corrected chi connectivity index (χ4v) is 1.01. The molecule has 0 N–H and O–H groups in total. The maximum Gasteiger partial charge on any atom is 2.00 e. The Morgan fingerprint density at radius 2 is 1.42 bits per heavy atom. The first-order valence-electron chi connectivity index (χ1n) is 3.51. The van der Waals surface area contributed by atoms with E-state index >= 15 is 0 Å². The molecule has 1 aromatic carbocycles. The predicted molar refractivity (Wildman–Crippen MR) is 50.9 cm³/mol. The molecule has 1 aromatic rings. The van der Waals surface area contributed by atoms with Crippen LogP contribution in [0, 0.1) is 27.7 Å². The molecule has 0 saturated heterocycles. The van der Waals surface area contributed by atoms with Crippen LogP contribution in [0.25, 0.3) is 0 Å². The van der Waals surface area contributed by atoms with Gasteiger partial charge in [-0.25, -0.2) is 0 Å². The van der Waals surface area contributed by atoms with Gasteiger partial charge in [0.2, 0.25) is 0 Å². The molecule has 0 amide bonds. The standard InChI is InChI=1S/C10H13.ClH.Mg/c1-7-5-6-8(2)10(4)9(7)3;;/h5-6H,3H2,1-2,4H3;1H;/q-1;;+2/p-1. The molecule has 0 unspecified atom stereocenters. The van der Waals surface area contributed by atoms with Crippen molar-refractivity contribution in [1.82, 2.24) is 0 Å². The average molecular weight is 193 g/mol. The molecule has 2 heteroatoms. The summed E-state index contributed by atoms with van der Waals surface area (Å²) < 4.78 is 0. The molecule has 62 valence electrons. The molecule has 0 bridgehead atoms. The largest absolute Gasteiger partial charge is 2.00 e. The van der Waals surface area contributed by atoms with E-state index in [9.17, 15) is 0 Å². The SMILES string of the molecule is [CH2-]c1c(C)ccc(C)c1C.[Cl-].[Mg+2]. The van der Waals surface area contributed by atoms with E-state index in [0.29, 0.717) is 0 Å². The van der Waals surface area contributed by atoms with Crippen molar-refractivity contribution < 1.29 is 12.4 Å². The van der Waals surface area contributed by atoms with Crippen LogP contribution in [0.2, 0.25) is 0 Å². The van der Waals surface area contributed by atoms with Crippen molar-refractivity contribution in [3.63, 3.8) is 0 Å². The van der Waals surface area contributed by atoms with Gasteiger partial charge in [-0.2, -0.15) is 18.1 Å². The topological polar surface area (TPSA) is 0 Å². The van der Waals surface area contributed by atoms with Crippen molar-refractivity contribution in [2.24, 2.45) is 0 Å². The zero-order valence-electron chi connectivity index (χ0n) is 7.95. The first-order chi connectivity index (χ1) is 4.63. The van der Waals surface area contributed by atoms with Crippen LogP contribution in [0.4, 0.5) is 0 Å². The molecule has 0 radical (unpaired) electrons. The summed E-state index contributed by atoms with van der Waals surface area (Å²) in [4.78, 5) is 0. The van der Waals surface area contributed by atoms with Crippen LogP contribution < -0.4 is 12.4 Å². The molecule has 0 heterocycles. The van der Waals surface area contributed by atoms with Gasteiger partial charge < -0.3 is 12.4 Å². The molecule has 0 spiro atoms. The van der Waals surface area contributed by atoms with Gasteiger partial charge in [-0.3, -0.25) is 0 Å². The van der Waals surface area contributed by atoms with Crippen LogP contribution in [0.5, 0.6) is 0 Å². The molecular formula is C10H13ClMg. The zero-order valence-corrected chi connectivity index (χ0v) is 10.1. The minimum Gasteiger partial charge on any atom is -1.00 e. The third kappa shape index (κ3) is 2.89. The van der Waals surface area contributed by atoms with E-state index in [2.05, 4.69) is 39.8 Å². The Balaban J connectivity index is 0. The Hall–Kier alpha value is 0.146. The fraction of sp³-hybridized carbons (Fsp3) is 0.300. The molecule has 0 atom stereocenters. The summed E-state index contributed by atoms with van der Waals surface area (Å²) in [5.74, 6) is 0. The summed E-state index contributed by atoms with van der Waals surface area (Å²) in [6.07, 6.45) is 0. The number of halogens is 1. The smallest absolute Gasteiger partial charge is 1.00 e. The minimum absolute atomic E-state index is 0. The summed E-state index contributed by atoms with van der Waals surface area (Å²) in [6, 6.07) is 4.25. The molecule has 1 rings (SSSR count). The van der Waals surface area contributed by atoms with Gasteiger partial charge >= 0.3 is 23.1 Å². The third-order valence-corrected chi connectivity index (χ3v) is 2.10. The van der Waals surface area contributed by atoms with Crippen molar-refractivity contribution in [3.05, 3.63) is 41.3 Å². The van der Waals surface area contributed by atoms with Gasteiger partial charge in [-0.1, -0.05) is 26.8 Å². The first kappa shape index (κ1) is 14.7. The van der Waals surface area contributed by atoms with E-state index in [1.165, 1.54) is 22.3 Å². The molecular weight excluding hydrogens is 180 g/mol. The Labute approximate surface area is 97.3 Å². The maximum absolute atomic E-state index is 3.98. The molecule has 0 aliphatic carbocycles. The van der Waals surface area contributed by atoms with Crippen molar-refractivity contribution in [3.8, 4) is 0 Å². The molecule has 0 aromatic heterocycles. The first-order valence-corrected chi connectivity index (χ1v) is 3.51. The number of hydrogen-bond acceptors (Lipinski definition) is 0. The Bertz CT molecular complexity index is 229. The monoisotopic (exact) mass is 192 g/mol. The van der Waals surface area contributed by atoms with E-state index in [0.717, 1.165) is 0 Å². The molecule has 0 fully saturated rings.